The van der Waals surface area contributed by atoms with E-state index in [2.05, 4.69) is 5.32 Å². The number of hydrogen-bond donors (Lipinski definition) is 2. The third-order valence-electron chi connectivity index (χ3n) is 3.46. The van der Waals surface area contributed by atoms with E-state index in [9.17, 15) is 9.59 Å². The van der Waals surface area contributed by atoms with E-state index in [0.29, 0.717) is 6.42 Å². The summed E-state index contributed by atoms with van der Waals surface area (Å²) in [6, 6.07) is 7.76. The number of nitrogens with one attached hydrogen (secondary N) is 1. The maximum Gasteiger partial charge on any atom is 0.329 e. The van der Waals surface area contributed by atoms with Crippen LogP contribution in [0, 0.1) is 12.8 Å². The van der Waals surface area contributed by atoms with Crippen molar-refractivity contribution in [3.05, 3.63) is 34.9 Å². The second-order valence-corrected chi connectivity index (χ2v) is 5.73. The minimum Gasteiger partial charge on any atom is -0.480 e. The van der Waals surface area contributed by atoms with Crippen LogP contribution in [0.5, 0.6) is 0 Å². The van der Waals surface area contributed by atoms with Crippen LogP contribution in [-0.4, -0.2) is 22.5 Å². The number of hydrogen-bond acceptors (Lipinski definition) is 2. The Bertz CT molecular complexity index is 473. The number of carbonyl (C=O) groups excluding carboxylic acids is 1. The predicted molar refractivity (Wildman–Crippen MR) is 85.5 cm³/mol. The lowest BCUT2D eigenvalue weighted by atomic mass is 9.85. The van der Waals surface area contributed by atoms with Crippen LogP contribution < -0.4 is 5.32 Å². The van der Waals surface area contributed by atoms with Gasteiger partial charge in [0, 0.05) is 11.9 Å². The smallest absolute Gasteiger partial charge is 0.329 e. The van der Waals surface area contributed by atoms with Crippen molar-refractivity contribution in [2.75, 3.05) is 0 Å². The van der Waals surface area contributed by atoms with E-state index in [0.717, 1.165) is 5.02 Å². The molecule has 1 aromatic rings. The van der Waals surface area contributed by atoms with Crippen molar-refractivity contribution in [1.82, 2.24) is 5.32 Å². The zero-order chi connectivity index (χ0) is 16.6. The molecule has 0 bridgehead atoms. The molecule has 4 nitrogen and oxygen atoms in total. The Balaban J connectivity index is 0.000000423. The molecular weight excluding hydrogens is 290 g/mol. The highest BCUT2D eigenvalue weighted by atomic mass is 35.5. The highest BCUT2D eigenvalue weighted by Gasteiger charge is 2.38. The number of carbonyl (C=O) groups is 2. The Morgan fingerprint density at radius 1 is 1.43 bits per heavy atom. The molecule has 0 heterocycles. The Kier molecular flexibility index (Phi) is 8.03. The molecule has 1 aromatic carbocycles. The molecule has 5 heteroatoms. The Morgan fingerprint density at radius 3 is 2.29 bits per heavy atom. The molecule has 2 atom stereocenters. The molecule has 0 aliphatic heterocycles. The monoisotopic (exact) mass is 313 g/mol. The molecular formula is C16H24ClNO3. The third-order valence-corrected chi connectivity index (χ3v) is 3.69. The first-order valence-corrected chi connectivity index (χ1v) is 7.25. The Labute approximate surface area is 131 Å². The Hall–Kier alpha value is -1.55. The van der Waals surface area contributed by atoms with Crippen molar-refractivity contribution in [2.45, 2.75) is 46.6 Å². The molecule has 0 aliphatic rings. The lowest BCUT2D eigenvalue weighted by Crippen LogP contribution is -2.55. The molecule has 21 heavy (non-hydrogen) atoms. The van der Waals surface area contributed by atoms with Gasteiger partial charge in [-0.25, -0.2) is 4.79 Å². The van der Waals surface area contributed by atoms with E-state index in [4.69, 9.17) is 16.7 Å². The number of carboxylic acids is 1. The highest BCUT2D eigenvalue weighted by Crippen LogP contribution is 2.20. The molecule has 2 unspecified atom stereocenters. The van der Waals surface area contributed by atoms with Gasteiger partial charge in [-0.15, -0.1) is 0 Å². The van der Waals surface area contributed by atoms with Crippen molar-refractivity contribution in [3.63, 3.8) is 0 Å². The summed E-state index contributed by atoms with van der Waals surface area (Å²) in [6.07, 6.45) is 0.711. The van der Waals surface area contributed by atoms with Crippen LogP contribution >= 0.6 is 11.6 Å². The molecule has 2 N–H and O–H groups in total. The lowest BCUT2D eigenvalue weighted by Gasteiger charge is -2.31. The van der Waals surface area contributed by atoms with Crippen LogP contribution in [0.15, 0.2) is 24.3 Å². The number of rotatable bonds is 4. The number of amides is 1. The van der Waals surface area contributed by atoms with Crippen LogP contribution in [-0.2, 0) is 9.59 Å². The molecule has 1 rings (SSSR count). The summed E-state index contributed by atoms with van der Waals surface area (Å²) >= 11 is 5.64. The van der Waals surface area contributed by atoms with Gasteiger partial charge in [0.1, 0.15) is 5.54 Å². The normalized spacial score (nSPS) is 14.2. The SMILES string of the molecule is CCC(C)C(C)(NC(C)=O)C(=O)O.Cc1cccc(Cl)c1. The van der Waals surface area contributed by atoms with Gasteiger partial charge >= 0.3 is 5.97 Å². The minimum absolute atomic E-state index is 0.0890. The van der Waals surface area contributed by atoms with Crippen LogP contribution in [0.25, 0.3) is 0 Å². The summed E-state index contributed by atoms with van der Waals surface area (Å²) < 4.78 is 0. The first-order chi connectivity index (χ1) is 9.63. The zero-order valence-electron chi connectivity index (χ0n) is 13.2. The summed E-state index contributed by atoms with van der Waals surface area (Å²) in [5, 5.41) is 12.2. The summed E-state index contributed by atoms with van der Waals surface area (Å²) in [4.78, 5) is 21.8. The molecule has 0 saturated heterocycles. The van der Waals surface area contributed by atoms with Crippen molar-refractivity contribution < 1.29 is 14.7 Å². The maximum absolute atomic E-state index is 10.9. The first-order valence-electron chi connectivity index (χ1n) is 6.87. The average molecular weight is 314 g/mol. The number of halogens is 1. The number of aliphatic carboxylic acids is 1. The van der Waals surface area contributed by atoms with Gasteiger partial charge in [0.05, 0.1) is 0 Å². The standard InChI is InChI=1S/C9H17NO3.C7H7Cl/c1-5-6(2)9(4,8(12)13)10-7(3)11;1-6-3-2-4-7(8)5-6/h6H,5H2,1-4H3,(H,10,11)(H,12,13);2-5H,1H3. The largest absolute Gasteiger partial charge is 0.480 e. The van der Waals surface area contributed by atoms with Gasteiger partial charge < -0.3 is 10.4 Å². The lowest BCUT2D eigenvalue weighted by molar-refractivity contribution is -0.149. The molecule has 0 aliphatic carbocycles. The van der Waals surface area contributed by atoms with Gasteiger partial charge in [0.15, 0.2) is 0 Å². The van der Waals surface area contributed by atoms with Crippen LogP contribution in [0.3, 0.4) is 0 Å². The predicted octanol–water partition coefficient (Wildman–Crippen LogP) is 3.66. The van der Waals surface area contributed by atoms with Crippen LogP contribution in [0.4, 0.5) is 0 Å². The molecule has 118 valence electrons. The van der Waals surface area contributed by atoms with Crippen molar-refractivity contribution in [1.29, 1.82) is 0 Å². The Morgan fingerprint density at radius 2 is 2.00 bits per heavy atom. The molecule has 0 aromatic heterocycles. The third kappa shape index (κ3) is 6.63. The van der Waals surface area contributed by atoms with E-state index in [-0.39, 0.29) is 11.8 Å². The van der Waals surface area contributed by atoms with Crippen molar-refractivity contribution in [2.24, 2.45) is 5.92 Å². The van der Waals surface area contributed by atoms with Crippen LogP contribution in [0.2, 0.25) is 5.02 Å². The fourth-order valence-corrected chi connectivity index (χ4v) is 2.01. The number of carboxylic acid groups (broad SMARTS) is 1. The second-order valence-electron chi connectivity index (χ2n) is 5.30. The summed E-state index contributed by atoms with van der Waals surface area (Å²) in [6.45, 7) is 8.58. The topological polar surface area (TPSA) is 66.4 Å². The first kappa shape index (κ1) is 19.4. The minimum atomic E-state index is -1.15. The van der Waals surface area contributed by atoms with Gasteiger partial charge in [0.2, 0.25) is 5.91 Å². The van der Waals surface area contributed by atoms with E-state index < -0.39 is 11.5 Å². The molecule has 0 radical (unpaired) electrons. The van der Waals surface area contributed by atoms with Crippen LogP contribution in [0.1, 0.15) is 39.7 Å². The van der Waals surface area contributed by atoms with Gasteiger partial charge in [-0.3, -0.25) is 4.79 Å². The van der Waals surface area contributed by atoms with Gasteiger partial charge in [-0.1, -0.05) is 44.0 Å². The number of benzene rings is 1. The summed E-state index contributed by atoms with van der Waals surface area (Å²) in [5.74, 6) is -1.39. The number of aryl methyl sites for hydroxylation is 1. The van der Waals surface area contributed by atoms with Crippen molar-refractivity contribution in [3.8, 4) is 0 Å². The zero-order valence-corrected chi connectivity index (χ0v) is 14.0. The fourth-order valence-electron chi connectivity index (χ4n) is 1.77. The van der Waals surface area contributed by atoms with Crippen molar-refractivity contribution >= 4 is 23.5 Å². The quantitative estimate of drug-likeness (QED) is 0.891. The molecule has 0 spiro atoms. The van der Waals surface area contributed by atoms with Gasteiger partial charge in [-0.05, 0) is 37.5 Å². The van der Waals surface area contributed by atoms with E-state index in [1.54, 1.807) is 0 Å². The highest BCUT2D eigenvalue weighted by molar-refractivity contribution is 6.30. The summed E-state index contributed by atoms with van der Waals surface area (Å²) in [5.41, 5.74) is 0.0538. The fraction of sp³-hybridized carbons (Fsp3) is 0.500. The van der Waals surface area contributed by atoms with E-state index in [1.807, 2.05) is 45.0 Å². The molecule has 1 amide bonds. The molecule has 0 saturated carbocycles. The maximum atomic E-state index is 10.9. The van der Waals surface area contributed by atoms with Gasteiger partial charge in [0.25, 0.3) is 0 Å². The van der Waals surface area contributed by atoms with E-state index in [1.165, 1.54) is 19.4 Å². The average Bonchev–Trinajstić information content (AvgIpc) is 2.37. The molecule has 0 fully saturated rings. The summed E-state index contributed by atoms with van der Waals surface area (Å²) in [7, 11) is 0. The van der Waals surface area contributed by atoms with E-state index >= 15 is 0 Å². The van der Waals surface area contributed by atoms with Gasteiger partial charge in [-0.2, -0.15) is 0 Å². The second kappa shape index (κ2) is 8.67.